The zero-order valence-electron chi connectivity index (χ0n) is 13.9. The van der Waals surface area contributed by atoms with Crippen LogP contribution in [0, 0.1) is 18.7 Å². The van der Waals surface area contributed by atoms with Gasteiger partial charge in [0.1, 0.15) is 5.82 Å². The molecule has 2 fully saturated rings. The third-order valence-corrected chi connectivity index (χ3v) is 4.52. The second kappa shape index (κ2) is 6.97. The highest BCUT2D eigenvalue weighted by atomic mass is 19.1. The van der Waals surface area contributed by atoms with Gasteiger partial charge in [-0.1, -0.05) is 0 Å². The molecule has 5 heteroatoms. The number of aryl methyl sites for hydroxylation is 1. The van der Waals surface area contributed by atoms with Crippen LogP contribution in [0.25, 0.3) is 0 Å². The summed E-state index contributed by atoms with van der Waals surface area (Å²) in [4.78, 5) is 16.9. The Morgan fingerprint density at radius 2 is 2.13 bits per heavy atom. The SMILES string of the molecule is Cc1cc(F)cc(C(=O)N(CC2CC2)C[C@H]2CN(C)CCO2)c1. The van der Waals surface area contributed by atoms with Crippen molar-refractivity contribution in [2.45, 2.75) is 25.9 Å². The number of likely N-dealkylation sites (N-methyl/N-ethyl adjacent to an activating group) is 1. The van der Waals surface area contributed by atoms with E-state index in [4.69, 9.17) is 4.74 Å². The second-order valence-electron chi connectivity index (χ2n) is 6.93. The van der Waals surface area contributed by atoms with Crippen molar-refractivity contribution in [2.24, 2.45) is 5.92 Å². The molecule has 1 saturated carbocycles. The molecule has 0 aromatic heterocycles. The molecular formula is C18H25FN2O2. The number of rotatable bonds is 5. The minimum Gasteiger partial charge on any atom is -0.374 e. The van der Waals surface area contributed by atoms with Gasteiger partial charge in [-0.05, 0) is 56.5 Å². The van der Waals surface area contributed by atoms with Crippen molar-refractivity contribution in [1.82, 2.24) is 9.80 Å². The number of carbonyl (C=O) groups is 1. The van der Waals surface area contributed by atoms with Crippen LogP contribution in [0.2, 0.25) is 0 Å². The van der Waals surface area contributed by atoms with Crippen molar-refractivity contribution in [1.29, 1.82) is 0 Å². The summed E-state index contributed by atoms with van der Waals surface area (Å²) >= 11 is 0. The highest BCUT2D eigenvalue weighted by Gasteiger charge is 2.30. The molecule has 1 aliphatic heterocycles. The van der Waals surface area contributed by atoms with Crippen LogP contribution in [0.3, 0.4) is 0 Å². The third-order valence-electron chi connectivity index (χ3n) is 4.52. The lowest BCUT2D eigenvalue weighted by Crippen LogP contribution is -2.48. The van der Waals surface area contributed by atoms with Gasteiger partial charge in [0.2, 0.25) is 0 Å². The van der Waals surface area contributed by atoms with Gasteiger partial charge in [0.05, 0.1) is 12.7 Å². The molecule has 1 amide bonds. The van der Waals surface area contributed by atoms with Crippen LogP contribution in [0.1, 0.15) is 28.8 Å². The topological polar surface area (TPSA) is 32.8 Å². The fourth-order valence-corrected chi connectivity index (χ4v) is 3.12. The summed E-state index contributed by atoms with van der Waals surface area (Å²) in [5, 5.41) is 0. The number of ether oxygens (including phenoxy) is 1. The Hall–Kier alpha value is -1.46. The Kier molecular flexibility index (Phi) is 4.97. The van der Waals surface area contributed by atoms with Gasteiger partial charge < -0.3 is 14.5 Å². The first-order chi connectivity index (χ1) is 11.0. The summed E-state index contributed by atoms with van der Waals surface area (Å²) in [7, 11) is 2.07. The smallest absolute Gasteiger partial charge is 0.254 e. The van der Waals surface area contributed by atoms with Crippen LogP contribution in [0.5, 0.6) is 0 Å². The lowest BCUT2D eigenvalue weighted by atomic mass is 10.1. The molecule has 3 rings (SSSR count). The van der Waals surface area contributed by atoms with Gasteiger partial charge in [-0.25, -0.2) is 4.39 Å². The maximum absolute atomic E-state index is 13.6. The van der Waals surface area contributed by atoms with E-state index in [1.165, 1.54) is 25.0 Å². The van der Waals surface area contributed by atoms with E-state index in [9.17, 15) is 9.18 Å². The Morgan fingerprint density at radius 1 is 1.35 bits per heavy atom. The first-order valence-corrected chi connectivity index (χ1v) is 8.38. The normalized spacial score (nSPS) is 22.1. The van der Waals surface area contributed by atoms with E-state index in [0.717, 1.165) is 25.2 Å². The number of benzene rings is 1. The molecule has 1 aliphatic carbocycles. The third kappa shape index (κ3) is 4.52. The van der Waals surface area contributed by atoms with E-state index in [1.54, 1.807) is 6.07 Å². The lowest BCUT2D eigenvalue weighted by molar-refractivity contribution is -0.0331. The summed E-state index contributed by atoms with van der Waals surface area (Å²) in [5.74, 6) is 0.152. The second-order valence-corrected chi connectivity index (χ2v) is 6.93. The zero-order chi connectivity index (χ0) is 16.4. The van der Waals surface area contributed by atoms with E-state index >= 15 is 0 Å². The van der Waals surface area contributed by atoms with Crippen molar-refractivity contribution >= 4 is 5.91 Å². The van der Waals surface area contributed by atoms with Gasteiger partial charge in [-0.15, -0.1) is 0 Å². The maximum atomic E-state index is 13.6. The minimum atomic E-state index is -0.353. The molecule has 0 bridgehead atoms. The molecule has 1 saturated heterocycles. The van der Waals surface area contributed by atoms with E-state index < -0.39 is 0 Å². The van der Waals surface area contributed by atoms with Crippen LogP contribution in [-0.4, -0.2) is 61.6 Å². The fourth-order valence-electron chi connectivity index (χ4n) is 3.12. The van der Waals surface area contributed by atoms with Crippen LogP contribution in [-0.2, 0) is 4.74 Å². The van der Waals surface area contributed by atoms with Gasteiger partial charge in [-0.2, -0.15) is 0 Å². The molecule has 0 unspecified atom stereocenters. The average molecular weight is 320 g/mol. The Labute approximate surface area is 137 Å². The summed E-state index contributed by atoms with van der Waals surface area (Å²) in [5.41, 5.74) is 1.21. The van der Waals surface area contributed by atoms with Gasteiger partial charge in [0.25, 0.3) is 5.91 Å². The molecule has 1 heterocycles. The Morgan fingerprint density at radius 3 is 2.78 bits per heavy atom. The summed E-state index contributed by atoms with van der Waals surface area (Å²) in [6.45, 7) is 5.59. The number of halogens is 1. The standard InChI is InChI=1S/C18H25FN2O2/c1-13-7-15(9-16(19)8-13)18(22)21(10-14-3-4-14)12-17-11-20(2)5-6-23-17/h7-9,14,17H,3-6,10-12H2,1-2H3/t17-/m1/s1. The molecule has 1 aromatic rings. The minimum absolute atomic E-state index is 0.0334. The summed E-state index contributed by atoms with van der Waals surface area (Å²) < 4.78 is 19.4. The lowest BCUT2D eigenvalue weighted by Gasteiger charge is -2.34. The van der Waals surface area contributed by atoms with Crippen LogP contribution >= 0.6 is 0 Å². The first-order valence-electron chi connectivity index (χ1n) is 8.38. The van der Waals surface area contributed by atoms with Crippen LogP contribution in [0.4, 0.5) is 4.39 Å². The highest BCUT2D eigenvalue weighted by Crippen LogP contribution is 2.30. The zero-order valence-corrected chi connectivity index (χ0v) is 13.9. The number of carbonyl (C=O) groups excluding carboxylic acids is 1. The maximum Gasteiger partial charge on any atom is 0.254 e. The number of morpholine rings is 1. The number of hydrogen-bond donors (Lipinski definition) is 0. The number of nitrogens with zero attached hydrogens (tertiary/aromatic N) is 2. The van der Waals surface area contributed by atoms with Crippen molar-refractivity contribution in [3.05, 3.63) is 35.1 Å². The Balaban J connectivity index is 1.73. The highest BCUT2D eigenvalue weighted by molar-refractivity contribution is 5.94. The van der Waals surface area contributed by atoms with Crippen molar-refractivity contribution in [2.75, 3.05) is 39.8 Å². The van der Waals surface area contributed by atoms with E-state index in [-0.39, 0.29) is 17.8 Å². The molecule has 2 aliphatic rings. The van der Waals surface area contributed by atoms with E-state index in [0.29, 0.717) is 24.6 Å². The quantitative estimate of drug-likeness (QED) is 0.835. The largest absolute Gasteiger partial charge is 0.374 e. The van der Waals surface area contributed by atoms with E-state index in [1.807, 2.05) is 11.8 Å². The van der Waals surface area contributed by atoms with Gasteiger partial charge in [0.15, 0.2) is 0 Å². The average Bonchev–Trinajstić information content (AvgIpc) is 3.29. The fraction of sp³-hybridized carbons (Fsp3) is 0.611. The van der Waals surface area contributed by atoms with Crippen molar-refractivity contribution in [3.63, 3.8) is 0 Å². The van der Waals surface area contributed by atoms with Gasteiger partial charge in [-0.3, -0.25) is 4.79 Å². The number of hydrogen-bond acceptors (Lipinski definition) is 3. The summed E-state index contributed by atoms with van der Waals surface area (Å²) in [6, 6.07) is 4.55. The monoisotopic (exact) mass is 320 g/mol. The van der Waals surface area contributed by atoms with Crippen molar-refractivity contribution in [3.8, 4) is 0 Å². The van der Waals surface area contributed by atoms with Gasteiger partial charge in [0, 0.05) is 31.7 Å². The molecule has 0 spiro atoms. The predicted molar refractivity (Wildman–Crippen MR) is 87.0 cm³/mol. The molecule has 0 N–H and O–H groups in total. The number of amides is 1. The van der Waals surface area contributed by atoms with Crippen LogP contribution in [0.15, 0.2) is 18.2 Å². The Bertz CT molecular complexity index is 554. The predicted octanol–water partition coefficient (Wildman–Crippen LogP) is 2.32. The summed E-state index contributed by atoms with van der Waals surface area (Å²) in [6.07, 6.45) is 2.39. The van der Waals surface area contributed by atoms with Gasteiger partial charge >= 0.3 is 0 Å². The van der Waals surface area contributed by atoms with E-state index in [2.05, 4.69) is 11.9 Å². The van der Waals surface area contributed by atoms with Crippen molar-refractivity contribution < 1.29 is 13.9 Å². The molecule has 0 radical (unpaired) electrons. The van der Waals surface area contributed by atoms with Crippen LogP contribution < -0.4 is 0 Å². The molecule has 1 atom stereocenters. The molecule has 4 nitrogen and oxygen atoms in total. The molecule has 23 heavy (non-hydrogen) atoms. The first kappa shape index (κ1) is 16.4. The molecule has 1 aromatic carbocycles. The molecular weight excluding hydrogens is 295 g/mol. The molecule has 126 valence electrons.